The van der Waals surface area contributed by atoms with Crippen molar-refractivity contribution in [2.24, 2.45) is 0 Å². The van der Waals surface area contributed by atoms with Crippen molar-refractivity contribution in [1.29, 1.82) is 0 Å². The topological polar surface area (TPSA) is 148 Å². The van der Waals surface area contributed by atoms with Crippen LogP contribution in [0.15, 0.2) is 71.6 Å². The predicted octanol–water partition coefficient (Wildman–Crippen LogP) is 4.45. The Hall–Kier alpha value is -4.65. The largest absolute Gasteiger partial charge is 0.497 e. The molecule has 3 aromatic rings. The molecule has 0 spiro atoms. The minimum Gasteiger partial charge on any atom is -0.497 e. The first-order valence-electron chi connectivity index (χ1n) is 13.7. The third-order valence-corrected chi connectivity index (χ3v) is 8.55. The smallest absolute Gasteiger partial charge is 0.273 e. The van der Waals surface area contributed by atoms with Crippen molar-refractivity contribution in [2.45, 2.75) is 57.6 Å². The number of hydrogen-bond donors (Lipinski definition) is 1. The first kappa shape index (κ1) is 33.8. The predicted molar refractivity (Wildman–Crippen MR) is 166 cm³/mol. The zero-order valence-corrected chi connectivity index (χ0v) is 26.7. The van der Waals surface area contributed by atoms with Crippen molar-refractivity contribution < 1.29 is 32.4 Å². The second kappa shape index (κ2) is 13.8. The summed E-state index contributed by atoms with van der Waals surface area (Å²) in [5.74, 6) is -0.0307. The number of ether oxygens (including phenoxy) is 2. The monoisotopic (exact) mass is 626 g/mol. The molecule has 44 heavy (non-hydrogen) atoms. The summed E-state index contributed by atoms with van der Waals surface area (Å²) in [7, 11) is -1.52. The van der Waals surface area contributed by atoms with E-state index in [0.29, 0.717) is 17.1 Å². The summed E-state index contributed by atoms with van der Waals surface area (Å²) in [5.41, 5.74) is 0.130. The molecule has 0 saturated carbocycles. The van der Waals surface area contributed by atoms with Gasteiger partial charge in [-0.2, -0.15) is 0 Å². The summed E-state index contributed by atoms with van der Waals surface area (Å²) in [6.45, 7) is 7.80. The Kier molecular flexibility index (Phi) is 10.6. The lowest BCUT2D eigenvalue weighted by Gasteiger charge is -2.33. The third kappa shape index (κ3) is 8.25. The summed E-state index contributed by atoms with van der Waals surface area (Å²) >= 11 is 0. The van der Waals surface area contributed by atoms with Gasteiger partial charge in [-0.15, -0.1) is 0 Å². The molecule has 0 aliphatic heterocycles. The quantitative estimate of drug-likeness (QED) is 0.229. The van der Waals surface area contributed by atoms with E-state index in [1.807, 2.05) is 20.8 Å². The summed E-state index contributed by atoms with van der Waals surface area (Å²) in [5, 5.41) is 14.5. The zero-order valence-electron chi connectivity index (χ0n) is 25.9. The highest BCUT2D eigenvalue weighted by Crippen LogP contribution is 2.29. The van der Waals surface area contributed by atoms with Crippen LogP contribution in [0.1, 0.15) is 38.8 Å². The van der Waals surface area contributed by atoms with Crippen molar-refractivity contribution in [1.82, 2.24) is 10.2 Å². The van der Waals surface area contributed by atoms with Gasteiger partial charge in [-0.3, -0.25) is 24.0 Å². The van der Waals surface area contributed by atoms with E-state index >= 15 is 0 Å². The molecule has 3 rings (SSSR count). The van der Waals surface area contributed by atoms with Gasteiger partial charge in [0.05, 0.1) is 29.7 Å². The fourth-order valence-corrected chi connectivity index (χ4v) is 5.77. The number of nitrogens with one attached hydrogen (secondary N) is 1. The number of nitrogens with zero attached hydrogens (tertiary/aromatic N) is 3. The fourth-order valence-electron chi connectivity index (χ4n) is 4.34. The molecule has 13 heteroatoms. The number of aryl methyl sites for hydroxylation is 1. The van der Waals surface area contributed by atoms with Crippen molar-refractivity contribution in [3.8, 4) is 11.5 Å². The van der Waals surface area contributed by atoms with Crippen LogP contribution < -0.4 is 19.1 Å². The molecule has 0 fully saturated rings. The average molecular weight is 627 g/mol. The van der Waals surface area contributed by atoms with E-state index in [2.05, 4.69) is 5.32 Å². The number of rotatable bonds is 12. The van der Waals surface area contributed by atoms with E-state index in [9.17, 15) is 28.1 Å². The van der Waals surface area contributed by atoms with Gasteiger partial charge in [0.2, 0.25) is 11.8 Å². The van der Waals surface area contributed by atoms with Gasteiger partial charge in [0.1, 0.15) is 24.1 Å². The van der Waals surface area contributed by atoms with Gasteiger partial charge in [0.25, 0.3) is 15.7 Å². The molecule has 0 bridgehead atoms. The van der Waals surface area contributed by atoms with E-state index in [1.165, 1.54) is 62.4 Å². The maximum Gasteiger partial charge on any atom is 0.273 e. The van der Waals surface area contributed by atoms with Crippen LogP contribution in [0, 0.1) is 17.0 Å². The van der Waals surface area contributed by atoms with Crippen molar-refractivity contribution in [3.05, 3.63) is 88.0 Å². The Morgan fingerprint density at radius 1 is 0.955 bits per heavy atom. The van der Waals surface area contributed by atoms with E-state index in [4.69, 9.17) is 9.47 Å². The highest BCUT2D eigenvalue weighted by Gasteiger charge is 2.34. The first-order valence-corrected chi connectivity index (χ1v) is 15.2. The first-order chi connectivity index (χ1) is 20.6. The van der Waals surface area contributed by atoms with Crippen LogP contribution in [-0.2, 0) is 26.2 Å². The molecule has 0 aromatic heterocycles. The number of carbonyl (C=O) groups excluding carboxylic acids is 2. The molecular formula is C31H38N4O8S. The fraction of sp³-hybridized carbons (Fsp3) is 0.355. The summed E-state index contributed by atoms with van der Waals surface area (Å²) in [4.78, 5) is 39.2. The molecule has 236 valence electrons. The second-order valence-electron chi connectivity index (χ2n) is 11.2. The number of amides is 2. The molecule has 0 unspecified atom stereocenters. The van der Waals surface area contributed by atoms with E-state index in [-0.39, 0.29) is 28.4 Å². The Morgan fingerprint density at radius 2 is 1.50 bits per heavy atom. The molecule has 2 amide bonds. The molecule has 3 aromatic carbocycles. The van der Waals surface area contributed by atoms with Gasteiger partial charge < -0.3 is 19.7 Å². The molecule has 0 radical (unpaired) electrons. The number of benzene rings is 3. The van der Waals surface area contributed by atoms with Crippen LogP contribution in [0.5, 0.6) is 11.5 Å². The normalized spacial score (nSPS) is 12.2. The second-order valence-corrected chi connectivity index (χ2v) is 13.1. The average Bonchev–Trinajstić information content (AvgIpc) is 2.97. The van der Waals surface area contributed by atoms with Crippen molar-refractivity contribution in [3.63, 3.8) is 0 Å². The maximum atomic E-state index is 14.1. The molecule has 0 heterocycles. The molecule has 12 nitrogen and oxygen atoms in total. The highest BCUT2D eigenvalue weighted by atomic mass is 32.2. The molecule has 0 aliphatic carbocycles. The molecule has 0 aliphatic rings. The van der Waals surface area contributed by atoms with Gasteiger partial charge in [-0.1, -0.05) is 18.2 Å². The minimum absolute atomic E-state index is 0.00589. The van der Waals surface area contributed by atoms with Crippen LogP contribution in [0.3, 0.4) is 0 Å². The maximum absolute atomic E-state index is 14.1. The Morgan fingerprint density at radius 3 is 2.00 bits per heavy atom. The van der Waals surface area contributed by atoms with Crippen molar-refractivity contribution in [2.75, 3.05) is 25.1 Å². The van der Waals surface area contributed by atoms with Crippen LogP contribution in [0.25, 0.3) is 0 Å². The van der Waals surface area contributed by atoms with Gasteiger partial charge >= 0.3 is 0 Å². The van der Waals surface area contributed by atoms with Gasteiger partial charge in [0.15, 0.2) is 0 Å². The summed E-state index contributed by atoms with van der Waals surface area (Å²) in [6, 6.07) is 15.5. The van der Waals surface area contributed by atoms with Gasteiger partial charge in [0, 0.05) is 23.7 Å². The summed E-state index contributed by atoms with van der Waals surface area (Å²) in [6.07, 6.45) is 0. The Bertz CT molecular complexity index is 1600. The molecule has 0 saturated heterocycles. The highest BCUT2D eigenvalue weighted by molar-refractivity contribution is 7.92. The number of methoxy groups -OCH3 is 2. The van der Waals surface area contributed by atoms with E-state index < -0.39 is 44.9 Å². The summed E-state index contributed by atoms with van der Waals surface area (Å²) < 4.78 is 39.4. The lowest BCUT2D eigenvalue weighted by atomic mass is 10.1. The number of sulfonamides is 1. The minimum atomic E-state index is -4.51. The Balaban J connectivity index is 2.09. The van der Waals surface area contributed by atoms with Crippen LogP contribution in [-0.4, -0.2) is 62.4 Å². The van der Waals surface area contributed by atoms with Crippen LogP contribution >= 0.6 is 0 Å². The number of nitro groups is 1. The molecular weight excluding hydrogens is 588 g/mol. The SMILES string of the molecule is COc1ccc(CN(C(=O)CN(c2ccc(OC)cc2)S(=O)(=O)c2ccc(C)c([N+](=O)[O-])c2)[C@H](C)C(=O)NC(C)(C)C)cc1. The molecule has 1 N–H and O–H groups in total. The number of anilines is 1. The van der Waals surface area contributed by atoms with E-state index in [0.717, 1.165) is 10.4 Å². The number of nitro benzene ring substituents is 1. The Labute approximate surface area is 257 Å². The zero-order chi connectivity index (χ0) is 32.8. The van der Waals surface area contributed by atoms with Crippen LogP contribution in [0.4, 0.5) is 11.4 Å². The van der Waals surface area contributed by atoms with E-state index in [1.54, 1.807) is 31.2 Å². The lowest BCUT2D eigenvalue weighted by Crippen LogP contribution is -2.54. The number of carbonyl (C=O) groups is 2. The standard InChI is InChI=1S/C31H38N4O8S/c1-21-8-17-27(18-28(21)35(38)39)44(40,41)34(24-11-15-26(43-7)16-12-24)20-29(36)33(22(2)30(37)32-31(3,4)5)19-23-9-13-25(42-6)14-10-23/h8-18,22H,19-20H2,1-7H3,(H,32,37)/t22-/m1/s1. The number of hydrogen-bond acceptors (Lipinski definition) is 8. The lowest BCUT2D eigenvalue weighted by molar-refractivity contribution is -0.385. The third-order valence-electron chi connectivity index (χ3n) is 6.78. The molecule has 1 atom stereocenters. The van der Waals surface area contributed by atoms with Crippen LogP contribution in [0.2, 0.25) is 0 Å². The van der Waals surface area contributed by atoms with Crippen molar-refractivity contribution >= 4 is 33.2 Å². The van der Waals surface area contributed by atoms with Gasteiger partial charge in [-0.05, 0) is 82.6 Å². The van der Waals surface area contributed by atoms with Gasteiger partial charge in [-0.25, -0.2) is 8.42 Å².